The zero-order valence-electron chi connectivity index (χ0n) is 10.1. The Kier molecular flexibility index (Phi) is 4.28. The van der Waals surface area contributed by atoms with E-state index in [1.807, 2.05) is 6.07 Å². The molecule has 1 heterocycles. The van der Waals surface area contributed by atoms with Gasteiger partial charge in [-0.05, 0) is 34.1 Å². The first kappa shape index (κ1) is 15.1. The Morgan fingerprint density at radius 3 is 2.52 bits per heavy atom. The molecule has 0 amide bonds. The Morgan fingerprint density at radius 1 is 1.24 bits per heavy atom. The van der Waals surface area contributed by atoms with Gasteiger partial charge in [-0.25, -0.2) is 9.97 Å². The highest BCUT2D eigenvalue weighted by molar-refractivity contribution is 9.10. The number of aromatic nitrogens is 2. The maximum atomic E-state index is 12.1. The van der Waals surface area contributed by atoms with Crippen molar-refractivity contribution in [3.8, 4) is 11.8 Å². The molecule has 0 spiro atoms. The molecule has 0 unspecified atom stereocenters. The number of nitrogens with one attached hydrogen (secondary N) is 1. The molecule has 9 heteroatoms. The van der Waals surface area contributed by atoms with Gasteiger partial charge in [-0.15, -0.1) is 13.2 Å². The molecule has 0 fully saturated rings. The molecule has 0 radical (unpaired) electrons. The smallest absolute Gasteiger partial charge is 0.405 e. The molecule has 2 aromatic rings. The summed E-state index contributed by atoms with van der Waals surface area (Å²) in [5.74, 6) is 0.00403. The van der Waals surface area contributed by atoms with Gasteiger partial charge >= 0.3 is 6.36 Å². The zero-order chi connectivity index (χ0) is 15.5. The number of hydrogen-bond donors (Lipinski definition) is 1. The first-order valence-electron chi connectivity index (χ1n) is 5.42. The second-order valence-corrected chi connectivity index (χ2v) is 4.57. The van der Waals surface area contributed by atoms with Crippen LogP contribution in [0.2, 0.25) is 0 Å². The molecular weight excluding hydrogens is 353 g/mol. The van der Waals surface area contributed by atoms with Crippen molar-refractivity contribution in [2.45, 2.75) is 6.36 Å². The molecule has 1 aromatic carbocycles. The van der Waals surface area contributed by atoms with E-state index in [0.717, 1.165) is 6.07 Å². The summed E-state index contributed by atoms with van der Waals surface area (Å²) in [5, 5.41) is 11.4. The van der Waals surface area contributed by atoms with Gasteiger partial charge in [0.2, 0.25) is 0 Å². The summed E-state index contributed by atoms with van der Waals surface area (Å²) in [4.78, 5) is 7.74. The second kappa shape index (κ2) is 5.97. The van der Waals surface area contributed by atoms with Crippen LogP contribution in [0.15, 0.2) is 35.1 Å². The van der Waals surface area contributed by atoms with Crippen molar-refractivity contribution in [1.82, 2.24) is 9.97 Å². The van der Waals surface area contributed by atoms with E-state index >= 15 is 0 Å². The standard InChI is InChI=1S/C12H6BrF3N4O/c13-9-3-7(1-2-10(9)21-12(14,15)16)20-11-6-18-8(4-17)5-19-11/h1-3,5-6H,(H,19,20). The maximum Gasteiger partial charge on any atom is 0.573 e. The molecule has 0 saturated heterocycles. The van der Waals surface area contributed by atoms with Crippen LogP contribution in [0, 0.1) is 11.3 Å². The number of alkyl halides is 3. The van der Waals surface area contributed by atoms with Crippen molar-refractivity contribution in [2.24, 2.45) is 0 Å². The Labute approximate surface area is 125 Å². The third kappa shape index (κ3) is 4.32. The van der Waals surface area contributed by atoms with Gasteiger partial charge in [0.15, 0.2) is 5.69 Å². The Hall–Kier alpha value is -2.34. The lowest BCUT2D eigenvalue weighted by Gasteiger charge is -2.12. The van der Waals surface area contributed by atoms with E-state index in [9.17, 15) is 13.2 Å². The quantitative estimate of drug-likeness (QED) is 0.904. The van der Waals surface area contributed by atoms with E-state index in [1.54, 1.807) is 0 Å². The molecule has 1 N–H and O–H groups in total. The average Bonchev–Trinajstić information content (AvgIpc) is 2.41. The Morgan fingerprint density at radius 2 is 2.00 bits per heavy atom. The predicted molar refractivity (Wildman–Crippen MR) is 70.9 cm³/mol. The minimum atomic E-state index is -4.75. The van der Waals surface area contributed by atoms with E-state index in [4.69, 9.17) is 5.26 Å². The van der Waals surface area contributed by atoms with Gasteiger partial charge in [-0.1, -0.05) is 0 Å². The fourth-order valence-corrected chi connectivity index (χ4v) is 1.84. The van der Waals surface area contributed by atoms with Crippen molar-refractivity contribution in [2.75, 3.05) is 5.32 Å². The molecule has 0 saturated carbocycles. The van der Waals surface area contributed by atoms with Gasteiger partial charge in [0.05, 0.1) is 16.9 Å². The zero-order valence-corrected chi connectivity index (χ0v) is 11.7. The lowest BCUT2D eigenvalue weighted by atomic mass is 10.3. The molecular formula is C12H6BrF3N4O. The highest BCUT2D eigenvalue weighted by Crippen LogP contribution is 2.33. The molecule has 1 aromatic heterocycles. The summed E-state index contributed by atoms with van der Waals surface area (Å²) in [6.07, 6.45) is -2.14. The van der Waals surface area contributed by atoms with Crippen LogP contribution in [0.25, 0.3) is 0 Å². The molecule has 21 heavy (non-hydrogen) atoms. The number of benzene rings is 1. The van der Waals surface area contributed by atoms with Gasteiger partial charge in [0.1, 0.15) is 17.6 Å². The van der Waals surface area contributed by atoms with Crippen molar-refractivity contribution in [3.05, 3.63) is 40.8 Å². The number of rotatable bonds is 3. The largest absolute Gasteiger partial charge is 0.573 e. The van der Waals surface area contributed by atoms with Crippen LogP contribution in [-0.2, 0) is 0 Å². The van der Waals surface area contributed by atoms with Crippen LogP contribution in [-0.4, -0.2) is 16.3 Å². The van der Waals surface area contributed by atoms with Crippen LogP contribution in [0.3, 0.4) is 0 Å². The summed E-state index contributed by atoms with van der Waals surface area (Å²) < 4.78 is 40.4. The van der Waals surface area contributed by atoms with E-state index in [1.165, 1.54) is 24.5 Å². The summed E-state index contributed by atoms with van der Waals surface area (Å²) in [5.41, 5.74) is 0.645. The van der Waals surface area contributed by atoms with Gasteiger partial charge in [0.25, 0.3) is 0 Å². The van der Waals surface area contributed by atoms with E-state index < -0.39 is 6.36 Å². The highest BCUT2D eigenvalue weighted by Gasteiger charge is 2.31. The fourth-order valence-electron chi connectivity index (χ4n) is 1.38. The number of hydrogen-bond acceptors (Lipinski definition) is 5. The number of halogens is 4. The number of ether oxygens (including phenoxy) is 1. The SMILES string of the molecule is N#Cc1cnc(Nc2ccc(OC(F)(F)F)c(Br)c2)cn1. The van der Waals surface area contributed by atoms with E-state index in [-0.39, 0.29) is 15.9 Å². The van der Waals surface area contributed by atoms with Gasteiger partial charge < -0.3 is 10.1 Å². The van der Waals surface area contributed by atoms with Crippen molar-refractivity contribution in [3.63, 3.8) is 0 Å². The minimum absolute atomic E-state index is 0.131. The molecule has 2 rings (SSSR count). The molecule has 0 aliphatic heterocycles. The predicted octanol–water partition coefficient (Wildman–Crippen LogP) is 3.75. The molecule has 0 bridgehead atoms. The molecule has 0 atom stereocenters. The van der Waals surface area contributed by atoms with Gasteiger partial charge in [-0.2, -0.15) is 5.26 Å². The first-order valence-corrected chi connectivity index (χ1v) is 6.21. The minimum Gasteiger partial charge on any atom is -0.405 e. The third-order valence-corrected chi connectivity index (χ3v) is 2.82. The summed E-state index contributed by atoms with van der Waals surface area (Å²) >= 11 is 2.99. The molecule has 0 aliphatic carbocycles. The van der Waals surface area contributed by atoms with Crippen LogP contribution < -0.4 is 10.1 Å². The normalized spacial score (nSPS) is 10.8. The lowest BCUT2D eigenvalue weighted by Crippen LogP contribution is -2.17. The lowest BCUT2D eigenvalue weighted by molar-refractivity contribution is -0.274. The second-order valence-electron chi connectivity index (χ2n) is 3.72. The van der Waals surface area contributed by atoms with Crippen LogP contribution in [0.1, 0.15) is 5.69 Å². The number of nitrogens with zero attached hydrogens (tertiary/aromatic N) is 3. The molecule has 108 valence electrons. The van der Waals surface area contributed by atoms with Gasteiger partial charge in [0, 0.05) is 5.69 Å². The van der Waals surface area contributed by atoms with E-state index in [0.29, 0.717) is 11.5 Å². The Bertz CT molecular complexity index is 682. The average molecular weight is 359 g/mol. The number of nitriles is 1. The van der Waals surface area contributed by atoms with Crippen molar-refractivity contribution in [1.29, 1.82) is 5.26 Å². The monoisotopic (exact) mass is 358 g/mol. The topological polar surface area (TPSA) is 70.8 Å². The Balaban J connectivity index is 2.14. The van der Waals surface area contributed by atoms with Crippen molar-refractivity contribution >= 4 is 27.4 Å². The first-order chi connectivity index (χ1) is 9.87. The number of anilines is 2. The van der Waals surface area contributed by atoms with Crippen molar-refractivity contribution < 1.29 is 17.9 Å². The summed E-state index contributed by atoms with van der Waals surface area (Å²) in [6.45, 7) is 0. The maximum absolute atomic E-state index is 12.1. The molecule has 5 nitrogen and oxygen atoms in total. The molecule has 0 aliphatic rings. The highest BCUT2D eigenvalue weighted by atomic mass is 79.9. The van der Waals surface area contributed by atoms with Crippen LogP contribution in [0.5, 0.6) is 5.75 Å². The third-order valence-electron chi connectivity index (χ3n) is 2.20. The summed E-state index contributed by atoms with van der Waals surface area (Å²) in [7, 11) is 0. The van der Waals surface area contributed by atoms with Crippen LogP contribution in [0.4, 0.5) is 24.7 Å². The van der Waals surface area contributed by atoms with E-state index in [2.05, 4.69) is 36.0 Å². The summed E-state index contributed by atoms with van der Waals surface area (Å²) in [6, 6.07) is 5.79. The van der Waals surface area contributed by atoms with Gasteiger partial charge in [-0.3, -0.25) is 0 Å². The fraction of sp³-hybridized carbons (Fsp3) is 0.0833. The van der Waals surface area contributed by atoms with Crippen LogP contribution >= 0.6 is 15.9 Å².